The second-order valence-corrected chi connectivity index (χ2v) is 8.12. The zero-order chi connectivity index (χ0) is 22.3. The molecule has 0 radical (unpaired) electrons. The summed E-state index contributed by atoms with van der Waals surface area (Å²) < 4.78 is 38.1. The number of amides is 1. The molecule has 8 heteroatoms. The molecule has 160 valence electrons. The third-order valence-electron chi connectivity index (χ3n) is 4.25. The molecule has 0 aliphatic carbocycles. The molecule has 3 aromatic carbocycles. The summed E-state index contributed by atoms with van der Waals surface area (Å²) in [7, 11) is -2.23. The van der Waals surface area contributed by atoms with Crippen molar-refractivity contribution in [2.75, 3.05) is 23.8 Å². The maximum atomic E-state index is 12.6. The second-order valence-electron chi connectivity index (χ2n) is 6.44. The number of anilines is 2. The lowest BCUT2D eigenvalue weighted by Gasteiger charge is -2.10. The van der Waals surface area contributed by atoms with Gasteiger partial charge in [0.2, 0.25) is 0 Å². The van der Waals surface area contributed by atoms with Crippen LogP contribution in [0.15, 0.2) is 90.3 Å². The number of carbonyl (C=O) groups excluding carboxylic acids is 1. The van der Waals surface area contributed by atoms with E-state index in [1.54, 1.807) is 54.6 Å². The van der Waals surface area contributed by atoms with E-state index in [4.69, 9.17) is 9.47 Å². The molecule has 2 N–H and O–H groups in total. The van der Waals surface area contributed by atoms with Crippen molar-refractivity contribution < 1.29 is 22.7 Å². The summed E-state index contributed by atoms with van der Waals surface area (Å²) >= 11 is 0. The number of ether oxygens (including phenoxy) is 2. The van der Waals surface area contributed by atoms with E-state index in [1.807, 2.05) is 0 Å². The zero-order valence-electron chi connectivity index (χ0n) is 16.9. The molecular formula is C23H22N2O5S. The summed E-state index contributed by atoms with van der Waals surface area (Å²) in [6.45, 7) is 3.96. The number of methoxy groups -OCH3 is 1. The van der Waals surface area contributed by atoms with Gasteiger partial charge in [-0.05, 0) is 72.8 Å². The Balaban J connectivity index is 1.64. The van der Waals surface area contributed by atoms with Gasteiger partial charge in [-0.15, -0.1) is 0 Å². The normalized spacial score (nSPS) is 10.7. The van der Waals surface area contributed by atoms with Gasteiger partial charge in [0.15, 0.2) is 0 Å². The summed E-state index contributed by atoms with van der Waals surface area (Å²) in [5.41, 5.74) is 1.34. The van der Waals surface area contributed by atoms with E-state index in [-0.39, 0.29) is 10.8 Å². The number of hydrogen-bond donors (Lipinski definition) is 2. The van der Waals surface area contributed by atoms with E-state index in [2.05, 4.69) is 16.6 Å². The Kier molecular flexibility index (Phi) is 6.94. The van der Waals surface area contributed by atoms with Gasteiger partial charge in [0.1, 0.15) is 18.1 Å². The average Bonchev–Trinajstić information content (AvgIpc) is 2.78. The Morgan fingerprint density at radius 2 is 1.48 bits per heavy atom. The third kappa shape index (κ3) is 5.86. The predicted octanol–water partition coefficient (Wildman–Crippen LogP) is 4.31. The molecular weight excluding hydrogens is 416 g/mol. The van der Waals surface area contributed by atoms with E-state index < -0.39 is 10.0 Å². The minimum atomic E-state index is -3.77. The first-order valence-corrected chi connectivity index (χ1v) is 10.8. The van der Waals surface area contributed by atoms with E-state index in [1.165, 1.54) is 31.4 Å². The molecule has 0 fully saturated rings. The average molecular weight is 439 g/mol. The molecule has 7 nitrogen and oxygen atoms in total. The lowest BCUT2D eigenvalue weighted by Crippen LogP contribution is -2.14. The first kappa shape index (κ1) is 21.9. The molecule has 3 rings (SSSR count). The zero-order valence-corrected chi connectivity index (χ0v) is 17.7. The highest BCUT2D eigenvalue weighted by molar-refractivity contribution is 7.92. The quantitative estimate of drug-likeness (QED) is 0.486. The SMILES string of the molecule is C=CCOc1ccc(C(=O)Nc2ccc(S(=O)(=O)Nc3ccc(OC)cc3)cc2)cc1. The third-order valence-corrected chi connectivity index (χ3v) is 5.65. The van der Waals surface area contributed by atoms with Crippen LogP contribution in [0.3, 0.4) is 0 Å². The monoisotopic (exact) mass is 438 g/mol. The topological polar surface area (TPSA) is 93.7 Å². The minimum absolute atomic E-state index is 0.0741. The van der Waals surface area contributed by atoms with Gasteiger partial charge in [-0.1, -0.05) is 12.7 Å². The molecule has 0 bridgehead atoms. The van der Waals surface area contributed by atoms with Crippen molar-refractivity contribution in [1.29, 1.82) is 0 Å². The van der Waals surface area contributed by atoms with Crippen LogP contribution < -0.4 is 19.5 Å². The Bertz CT molecular complexity index is 1140. The molecule has 0 saturated carbocycles. The molecule has 0 aliphatic rings. The van der Waals surface area contributed by atoms with Crippen molar-refractivity contribution in [3.05, 3.63) is 91.0 Å². The van der Waals surface area contributed by atoms with E-state index in [9.17, 15) is 13.2 Å². The van der Waals surface area contributed by atoms with Crippen molar-refractivity contribution in [2.24, 2.45) is 0 Å². The maximum absolute atomic E-state index is 12.6. The largest absolute Gasteiger partial charge is 0.497 e. The van der Waals surface area contributed by atoms with Crippen LogP contribution >= 0.6 is 0 Å². The summed E-state index contributed by atoms with van der Waals surface area (Å²) in [6, 6.07) is 19.1. The highest BCUT2D eigenvalue weighted by atomic mass is 32.2. The van der Waals surface area contributed by atoms with Crippen molar-refractivity contribution in [3.63, 3.8) is 0 Å². The number of sulfonamides is 1. The number of nitrogens with one attached hydrogen (secondary N) is 2. The van der Waals surface area contributed by atoms with Crippen LogP contribution in [0, 0.1) is 0 Å². The molecule has 0 unspecified atom stereocenters. The predicted molar refractivity (Wildman–Crippen MR) is 120 cm³/mol. The Hall–Kier alpha value is -3.78. The molecule has 0 aromatic heterocycles. The van der Waals surface area contributed by atoms with Crippen molar-refractivity contribution >= 4 is 27.3 Å². The number of rotatable bonds is 9. The van der Waals surface area contributed by atoms with Crippen LogP contribution in [0.4, 0.5) is 11.4 Å². The molecule has 1 amide bonds. The summed E-state index contributed by atoms with van der Waals surface area (Å²) in [5.74, 6) is 0.944. The number of carbonyl (C=O) groups is 1. The second kappa shape index (κ2) is 9.82. The van der Waals surface area contributed by atoms with Crippen LogP contribution in [0.1, 0.15) is 10.4 Å². The first-order chi connectivity index (χ1) is 14.9. The van der Waals surface area contributed by atoms with Crippen LogP contribution in [0.5, 0.6) is 11.5 Å². The van der Waals surface area contributed by atoms with Gasteiger partial charge < -0.3 is 14.8 Å². The Morgan fingerprint density at radius 1 is 0.903 bits per heavy atom. The van der Waals surface area contributed by atoms with Crippen LogP contribution in [-0.2, 0) is 10.0 Å². The summed E-state index contributed by atoms with van der Waals surface area (Å²) in [6.07, 6.45) is 1.64. The molecule has 0 heterocycles. The number of benzene rings is 3. The van der Waals surface area contributed by atoms with E-state index in [0.717, 1.165) is 0 Å². The number of hydrogen-bond acceptors (Lipinski definition) is 5. The van der Waals surface area contributed by atoms with E-state index in [0.29, 0.717) is 35.0 Å². The highest BCUT2D eigenvalue weighted by Gasteiger charge is 2.15. The van der Waals surface area contributed by atoms with Crippen molar-refractivity contribution in [1.82, 2.24) is 0 Å². The Morgan fingerprint density at radius 3 is 2.06 bits per heavy atom. The van der Waals surface area contributed by atoms with Gasteiger partial charge in [-0.2, -0.15) is 0 Å². The lowest BCUT2D eigenvalue weighted by molar-refractivity contribution is 0.102. The van der Waals surface area contributed by atoms with Crippen LogP contribution in [0.25, 0.3) is 0 Å². The maximum Gasteiger partial charge on any atom is 0.261 e. The van der Waals surface area contributed by atoms with E-state index >= 15 is 0 Å². The fourth-order valence-electron chi connectivity index (χ4n) is 2.65. The van der Waals surface area contributed by atoms with Gasteiger partial charge in [-0.25, -0.2) is 8.42 Å². The molecule has 0 spiro atoms. The van der Waals surface area contributed by atoms with Gasteiger partial charge in [0.05, 0.1) is 12.0 Å². The Labute approximate surface area is 181 Å². The molecule has 3 aromatic rings. The molecule has 0 atom stereocenters. The smallest absolute Gasteiger partial charge is 0.261 e. The standard InChI is InChI=1S/C23H22N2O5S/c1-3-16-30-21-10-4-17(5-11-21)23(26)24-18-8-14-22(15-9-18)31(27,28)25-19-6-12-20(29-2)13-7-19/h3-15,25H,1,16H2,2H3,(H,24,26). The van der Waals surface area contributed by atoms with Gasteiger partial charge in [0, 0.05) is 16.9 Å². The van der Waals surface area contributed by atoms with Gasteiger partial charge in [-0.3, -0.25) is 9.52 Å². The van der Waals surface area contributed by atoms with Crippen molar-refractivity contribution in [3.8, 4) is 11.5 Å². The molecule has 31 heavy (non-hydrogen) atoms. The van der Waals surface area contributed by atoms with Gasteiger partial charge in [0.25, 0.3) is 15.9 Å². The molecule has 0 aliphatic heterocycles. The molecule has 0 saturated heterocycles. The van der Waals surface area contributed by atoms with Crippen LogP contribution in [0.2, 0.25) is 0 Å². The fourth-order valence-corrected chi connectivity index (χ4v) is 3.71. The fraction of sp³-hybridized carbons (Fsp3) is 0.0870. The first-order valence-electron chi connectivity index (χ1n) is 9.33. The van der Waals surface area contributed by atoms with Crippen LogP contribution in [-0.4, -0.2) is 28.0 Å². The lowest BCUT2D eigenvalue weighted by atomic mass is 10.2. The minimum Gasteiger partial charge on any atom is -0.497 e. The van der Waals surface area contributed by atoms with Gasteiger partial charge >= 0.3 is 0 Å². The summed E-state index contributed by atoms with van der Waals surface area (Å²) in [5, 5.41) is 2.74. The summed E-state index contributed by atoms with van der Waals surface area (Å²) in [4.78, 5) is 12.5. The van der Waals surface area contributed by atoms with Crippen molar-refractivity contribution in [2.45, 2.75) is 4.90 Å². The highest BCUT2D eigenvalue weighted by Crippen LogP contribution is 2.21.